The van der Waals surface area contributed by atoms with Gasteiger partial charge in [0, 0.05) is 29.0 Å². The minimum absolute atomic E-state index is 0.0453. The topological polar surface area (TPSA) is 66.2 Å². The molecule has 1 aliphatic rings. The summed E-state index contributed by atoms with van der Waals surface area (Å²) in [6.45, 7) is 5.60. The number of unbranched alkanes of at least 4 members (excludes halogenated alkanes) is 1. The number of fused-ring (bicyclic) bond motifs is 1. The lowest BCUT2D eigenvalue weighted by Crippen LogP contribution is -2.40. The Bertz CT molecular complexity index is 723. The molecule has 1 fully saturated rings. The zero-order valence-corrected chi connectivity index (χ0v) is 15.8. The number of aryl methyl sites for hydroxylation is 1. The van der Waals surface area contributed by atoms with Crippen LogP contribution in [-0.4, -0.2) is 35.9 Å². The van der Waals surface area contributed by atoms with Gasteiger partial charge in [-0.2, -0.15) is 0 Å². The highest BCUT2D eigenvalue weighted by Gasteiger charge is 2.20. The predicted octanol–water partition coefficient (Wildman–Crippen LogP) is 4.25. The third kappa shape index (κ3) is 4.50. The summed E-state index contributed by atoms with van der Waals surface area (Å²) in [5.41, 5.74) is 3.71. The quantitative estimate of drug-likeness (QED) is 0.510. The predicted molar refractivity (Wildman–Crippen MR) is 105 cm³/mol. The first-order chi connectivity index (χ1) is 12.2. The summed E-state index contributed by atoms with van der Waals surface area (Å²) in [7, 11) is 0. The van der Waals surface area contributed by atoms with Gasteiger partial charge in [-0.25, -0.2) is 0 Å². The molecule has 0 bridgehead atoms. The van der Waals surface area contributed by atoms with Crippen molar-refractivity contribution >= 4 is 34.4 Å². The molecular weight excluding hydrogens is 334 g/mol. The average molecular weight is 362 g/mol. The van der Waals surface area contributed by atoms with Gasteiger partial charge < -0.3 is 19.8 Å². The van der Waals surface area contributed by atoms with E-state index in [1.165, 1.54) is 12.8 Å². The van der Waals surface area contributed by atoms with Gasteiger partial charge in [0.2, 0.25) is 0 Å². The third-order valence-corrected chi connectivity index (χ3v) is 5.44. The Kier molecular flexibility index (Phi) is 6.26. The van der Waals surface area contributed by atoms with Crippen LogP contribution in [0.5, 0.6) is 0 Å². The van der Waals surface area contributed by atoms with E-state index in [1.54, 1.807) is 11.9 Å². The summed E-state index contributed by atoms with van der Waals surface area (Å²) in [6, 6.07) is 6.30. The number of hydrogen-bond acceptors (Lipinski definition) is 4. The Morgan fingerprint density at radius 3 is 3.08 bits per heavy atom. The third-order valence-electron chi connectivity index (χ3n) is 4.57. The van der Waals surface area contributed by atoms with Crippen LogP contribution >= 0.6 is 11.9 Å². The number of benzene rings is 1. The number of amides is 1. The smallest absolute Gasteiger partial charge is 0.268 e. The number of anilines is 1. The van der Waals surface area contributed by atoms with Gasteiger partial charge >= 0.3 is 0 Å². The summed E-state index contributed by atoms with van der Waals surface area (Å²) >= 11 is 1.73. The van der Waals surface area contributed by atoms with Crippen LogP contribution in [0.25, 0.3) is 10.9 Å². The average Bonchev–Trinajstić information content (AvgIpc) is 2.96. The van der Waals surface area contributed by atoms with E-state index in [0.29, 0.717) is 12.3 Å². The second-order valence-corrected chi connectivity index (χ2v) is 7.48. The molecule has 1 unspecified atom stereocenters. The summed E-state index contributed by atoms with van der Waals surface area (Å²) in [5, 5.41) is 4.17. The lowest BCUT2D eigenvalue weighted by Gasteiger charge is -2.22. The van der Waals surface area contributed by atoms with Crippen LogP contribution < -0.4 is 10.0 Å². The maximum Gasteiger partial charge on any atom is 0.268 e. The number of aromatic amines is 1. The molecule has 2 aromatic rings. The van der Waals surface area contributed by atoms with Gasteiger partial charge in [0.05, 0.1) is 12.6 Å². The van der Waals surface area contributed by atoms with Crippen molar-refractivity contribution in [2.75, 3.05) is 23.7 Å². The van der Waals surface area contributed by atoms with E-state index in [9.17, 15) is 4.79 Å². The largest absolute Gasteiger partial charge is 0.379 e. The number of rotatable bonds is 7. The van der Waals surface area contributed by atoms with E-state index in [-0.39, 0.29) is 11.9 Å². The monoisotopic (exact) mass is 361 g/mol. The normalized spacial score (nSPS) is 17.6. The summed E-state index contributed by atoms with van der Waals surface area (Å²) < 4.78 is 8.83. The molecule has 6 heteroatoms. The van der Waals surface area contributed by atoms with E-state index in [0.717, 1.165) is 47.4 Å². The van der Waals surface area contributed by atoms with Crippen LogP contribution in [0.3, 0.4) is 0 Å². The number of hydrogen-bond donors (Lipinski definition) is 3. The van der Waals surface area contributed by atoms with Crippen LogP contribution in [0.4, 0.5) is 5.69 Å². The molecule has 0 spiro atoms. The van der Waals surface area contributed by atoms with Crippen molar-refractivity contribution in [3.05, 3.63) is 29.5 Å². The fraction of sp³-hybridized carbons (Fsp3) is 0.526. The Labute approximate surface area is 153 Å². The van der Waals surface area contributed by atoms with Crippen molar-refractivity contribution in [2.24, 2.45) is 0 Å². The van der Waals surface area contributed by atoms with Crippen molar-refractivity contribution in [1.29, 1.82) is 0 Å². The maximum absolute atomic E-state index is 12.6. The highest BCUT2D eigenvalue weighted by Crippen LogP contribution is 2.26. The molecule has 3 rings (SSSR count). The number of carbonyl (C=O) groups excluding carboxylic acids is 1. The molecule has 2 heterocycles. The number of ether oxygens (including phenoxy) is 1. The lowest BCUT2D eigenvalue weighted by atomic mass is 10.1. The highest BCUT2D eigenvalue weighted by atomic mass is 32.2. The molecular formula is C19H27N3O2S. The first kappa shape index (κ1) is 18.1. The van der Waals surface area contributed by atoms with Crippen molar-refractivity contribution in [2.45, 2.75) is 45.6 Å². The van der Waals surface area contributed by atoms with E-state index in [2.05, 4.69) is 28.0 Å². The molecule has 1 aromatic carbocycles. The molecule has 0 radical (unpaired) electrons. The van der Waals surface area contributed by atoms with E-state index in [1.807, 2.05) is 19.1 Å². The van der Waals surface area contributed by atoms with Gasteiger partial charge in [0.1, 0.15) is 5.69 Å². The van der Waals surface area contributed by atoms with E-state index in [4.69, 9.17) is 4.74 Å². The molecule has 1 aromatic heterocycles. The summed E-state index contributed by atoms with van der Waals surface area (Å²) in [6.07, 6.45) is 4.39. The van der Waals surface area contributed by atoms with Crippen LogP contribution in [0.2, 0.25) is 0 Å². The Balaban J connectivity index is 1.71. The molecule has 136 valence electrons. The van der Waals surface area contributed by atoms with Crippen LogP contribution in [0.1, 0.15) is 48.7 Å². The fourth-order valence-corrected chi connectivity index (χ4v) is 3.91. The Morgan fingerprint density at radius 1 is 1.44 bits per heavy atom. The van der Waals surface area contributed by atoms with Gasteiger partial charge in [0.15, 0.2) is 0 Å². The molecule has 5 nitrogen and oxygen atoms in total. The van der Waals surface area contributed by atoms with Crippen LogP contribution in [0, 0.1) is 6.92 Å². The molecule has 25 heavy (non-hydrogen) atoms. The lowest BCUT2D eigenvalue weighted by molar-refractivity contribution is 0.0622. The minimum Gasteiger partial charge on any atom is -0.379 e. The fourth-order valence-electron chi connectivity index (χ4n) is 3.08. The second kappa shape index (κ2) is 8.63. The standard InChI is InChI=1S/C19H27N3O2S/c1-3-4-10-25-22-14-7-8-17-16(11-14)13(2)18(21-17)19(23)20-15-6-5-9-24-12-15/h7-8,11,15,21-22H,3-6,9-10,12H2,1-2H3,(H,20,23). The van der Waals surface area contributed by atoms with Gasteiger partial charge in [0.25, 0.3) is 5.91 Å². The zero-order valence-electron chi connectivity index (χ0n) is 15.0. The van der Waals surface area contributed by atoms with Crippen LogP contribution in [0.15, 0.2) is 18.2 Å². The Hall–Kier alpha value is -1.66. The molecule has 1 aliphatic heterocycles. The number of nitrogens with one attached hydrogen (secondary N) is 3. The van der Waals surface area contributed by atoms with Gasteiger partial charge in [-0.15, -0.1) is 0 Å². The first-order valence-corrected chi connectivity index (χ1v) is 10.1. The minimum atomic E-state index is -0.0453. The molecule has 1 atom stereocenters. The summed E-state index contributed by atoms with van der Waals surface area (Å²) in [4.78, 5) is 15.9. The number of carbonyl (C=O) groups is 1. The summed E-state index contributed by atoms with van der Waals surface area (Å²) in [5.74, 6) is 1.05. The van der Waals surface area contributed by atoms with Gasteiger partial charge in [-0.1, -0.05) is 25.3 Å². The van der Waals surface area contributed by atoms with Crippen molar-refractivity contribution in [3.63, 3.8) is 0 Å². The maximum atomic E-state index is 12.6. The van der Waals surface area contributed by atoms with Gasteiger partial charge in [-0.05, 0) is 49.9 Å². The molecule has 0 aliphatic carbocycles. The zero-order chi connectivity index (χ0) is 17.6. The van der Waals surface area contributed by atoms with Gasteiger partial charge in [-0.3, -0.25) is 4.79 Å². The molecule has 0 saturated carbocycles. The highest BCUT2D eigenvalue weighted by molar-refractivity contribution is 8.00. The second-order valence-electron chi connectivity index (χ2n) is 6.58. The first-order valence-electron chi connectivity index (χ1n) is 9.07. The van der Waals surface area contributed by atoms with Crippen molar-refractivity contribution in [1.82, 2.24) is 10.3 Å². The molecule has 3 N–H and O–H groups in total. The number of H-pyrrole nitrogens is 1. The molecule has 1 amide bonds. The Morgan fingerprint density at radius 2 is 2.32 bits per heavy atom. The van der Waals surface area contributed by atoms with Crippen molar-refractivity contribution in [3.8, 4) is 0 Å². The SMILES string of the molecule is CCCCSNc1ccc2[nH]c(C(=O)NC3CCCOC3)c(C)c2c1. The van der Waals surface area contributed by atoms with E-state index < -0.39 is 0 Å². The molecule has 1 saturated heterocycles. The van der Waals surface area contributed by atoms with E-state index >= 15 is 0 Å². The van der Waals surface area contributed by atoms with Crippen molar-refractivity contribution < 1.29 is 9.53 Å². The number of aromatic nitrogens is 1. The van der Waals surface area contributed by atoms with Crippen LogP contribution in [-0.2, 0) is 4.74 Å².